The molecule has 0 aliphatic carbocycles. The summed E-state index contributed by atoms with van der Waals surface area (Å²) in [5, 5.41) is 15.8. The Bertz CT molecular complexity index is 4860. The van der Waals surface area contributed by atoms with Gasteiger partial charge in [0.2, 0.25) is 5.95 Å². The maximum Gasteiger partial charge on any atom is 0.238 e. The summed E-state index contributed by atoms with van der Waals surface area (Å²) in [6, 6.07) is 76.1. The van der Waals surface area contributed by atoms with Crippen LogP contribution in [0, 0.1) is 0 Å². The van der Waals surface area contributed by atoms with Gasteiger partial charge in [0.15, 0.2) is 11.6 Å². The molecule has 0 amide bonds. The highest BCUT2D eigenvalue weighted by molar-refractivity contribution is 7.26. The zero-order valence-corrected chi connectivity index (χ0v) is 38.1. The van der Waals surface area contributed by atoms with Crippen molar-refractivity contribution < 1.29 is 4.42 Å². The molecular weight excluding hydrogens is 875 g/mol. The van der Waals surface area contributed by atoms with Gasteiger partial charge in [-0.2, -0.15) is 9.97 Å². The van der Waals surface area contributed by atoms with Crippen molar-refractivity contribution in [1.82, 2.24) is 24.1 Å². The lowest BCUT2D eigenvalue weighted by atomic mass is 10.0. The van der Waals surface area contributed by atoms with Crippen molar-refractivity contribution >= 4 is 129 Å². The highest BCUT2D eigenvalue weighted by Gasteiger charge is 2.27. The molecule has 5 heterocycles. The van der Waals surface area contributed by atoms with Crippen molar-refractivity contribution in [2.75, 3.05) is 0 Å². The van der Waals surface area contributed by atoms with Gasteiger partial charge in [0, 0.05) is 68.8 Å². The summed E-state index contributed by atoms with van der Waals surface area (Å²) in [4.78, 5) is 16.9. The minimum Gasteiger partial charge on any atom is -0.455 e. The number of hydrogen-bond acceptors (Lipinski definition) is 5. The van der Waals surface area contributed by atoms with Crippen LogP contribution in [0.25, 0.3) is 152 Å². The average Bonchev–Trinajstić information content (AvgIpc) is 4.18. The van der Waals surface area contributed by atoms with Gasteiger partial charge in [0.25, 0.3) is 0 Å². The zero-order valence-electron chi connectivity index (χ0n) is 37.3. The van der Waals surface area contributed by atoms with Crippen LogP contribution in [0.3, 0.4) is 0 Å². The number of hydrogen-bond donors (Lipinski definition) is 0. The molecule has 0 saturated carbocycles. The van der Waals surface area contributed by atoms with Crippen molar-refractivity contribution in [3.8, 4) is 34.4 Å². The molecule has 0 atom stereocenters. The number of nitrogens with zero attached hydrogens (tertiary/aromatic N) is 5. The molecule has 16 aromatic rings. The predicted octanol–water partition coefficient (Wildman–Crippen LogP) is 17.1. The van der Waals surface area contributed by atoms with E-state index in [9.17, 15) is 0 Å². The lowest BCUT2D eigenvalue weighted by Gasteiger charge is -2.16. The first-order valence-electron chi connectivity index (χ1n) is 23.6. The molecule has 0 spiro atoms. The third-order valence-corrected chi connectivity index (χ3v) is 15.8. The molecule has 0 fully saturated rings. The van der Waals surface area contributed by atoms with Gasteiger partial charge in [-0.1, -0.05) is 158 Å². The Labute approximate surface area is 402 Å². The molecule has 6 nitrogen and oxygen atoms in total. The minimum absolute atomic E-state index is 0.514. The van der Waals surface area contributed by atoms with Crippen LogP contribution in [0.2, 0.25) is 0 Å². The fourth-order valence-electron chi connectivity index (χ4n) is 11.4. The van der Waals surface area contributed by atoms with Gasteiger partial charge in [0.05, 0.1) is 33.3 Å². The molecule has 16 rings (SSSR count). The van der Waals surface area contributed by atoms with Crippen LogP contribution in [0.4, 0.5) is 0 Å². The largest absolute Gasteiger partial charge is 0.455 e. The van der Waals surface area contributed by atoms with Crippen LogP contribution in [-0.4, -0.2) is 24.1 Å². The van der Waals surface area contributed by atoms with Crippen LogP contribution >= 0.6 is 11.3 Å². The Morgan fingerprint density at radius 2 is 0.943 bits per heavy atom. The Morgan fingerprint density at radius 1 is 0.357 bits per heavy atom. The molecular formula is C63H35N5OS. The zero-order chi connectivity index (χ0) is 45.6. The summed E-state index contributed by atoms with van der Waals surface area (Å²) in [6.45, 7) is 0. The van der Waals surface area contributed by atoms with Crippen LogP contribution in [0.15, 0.2) is 217 Å². The first-order valence-corrected chi connectivity index (χ1v) is 24.4. The van der Waals surface area contributed by atoms with Crippen molar-refractivity contribution in [2.24, 2.45) is 0 Å². The monoisotopic (exact) mass is 909 g/mol. The highest BCUT2D eigenvalue weighted by atomic mass is 32.1. The molecule has 0 aliphatic rings. The van der Waals surface area contributed by atoms with Crippen LogP contribution < -0.4 is 0 Å². The van der Waals surface area contributed by atoms with E-state index < -0.39 is 0 Å². The van der Waals surface area contributed by atoms with Crippen molar-refractivity contribution in [3.63, 3.8) is 0 Å². The highest BCUT2D eigenvalue weighted by Crippen LogP contribution is 2.47. The molecule has 0 bridgehead atoms. The number of thiophene rings is 1. The van der Waals surface area contributed by atoms with Gasteiger partial charge in [0.1, 0.15) is 11.2 Å². The molecule has 0 N–H and O–H groups in total. The number of rotatable bonds is 4. The van der Waals surface area contributed by atoms with Gasteiger partial charge in [-0.3, -0.25) is 4.57 Å². The topological polar surface area (TPSA) is 61.7 Å². The Kier molecular flexibility index (Phi) is 7.67. The summed E-state index contributed by atoms with van der Waals surface area (Å²) in [5.74, 6) is 1.63. The Balaban J connectivity index is 1.11. The Hall–Kier alpha value is -9.17. The summed E-state index contributed by atoms with van der Waals surface area (Å²) in [5.41, 5.74) is 8.41. The third kappa shape index (κ3) is 5.24. The SMILES string of the molecule is c1ccc2cc3c(cc2c1)c1ccc2ccccc2c1n3-c1ccc2c(oc3c4ccccc4ccc23)c1-c1nc(-c2cccc3c2sc2ccccc23)nc(-n2c3ccccc3c3ccccc32)n1. The second kappa shape index (κ2) is 14.2. The van der Waals surface area contributed by atoms with Crippen LogP contribution in [0.1, 0.15) is 0 Å². The molecule has 0 unspecified atom stereocenters. The van der Waals surface area contributed by atoms with Gasteiger partial charge in [-0.25, -0.2) is 4.98 Å². The fraction of sp³-hybridized carbons (Fsp3) is 0. The maximum atomic E-state index is 7.38. The van der Waals surface area contributed by atoms with Gasteiger partial charge in [-0.15, -0.1) is 11.3 Å². The summed E-state index contributed by atoms with van der Waals surface area (Å²) in [7, 11) is 0. The molecule has 324 valence electrons. The van der Waals surface area contributed by atoms with E-state index in [2.05, 4.69) is 221 Å². The number of para-hydroxylation sites is 2. The van der Waals surface area contributed by atoms with E-state index in [1.54, 1.807) is 11.3 Å². The van der Waals surface area contributed by atoms with E-state index >= 15 is 0 Å². The van der Waals surface area contributed by atoms with Crippen LogP contribution in [-0.2, 0) is 0 Å². The van der Waals surface area contributed by atoms with Crippen molar-refractivity contribution in [2.45, 2.75) is 0 Å². The van der Waals surface area contributed by atoms with Gasteiger partial charge < -0.3 is 8.98 Å². The summed E-state index contributed by atoms with van der Waals surface area (Å²) >= 11 is 1.78. The predicted molar refractivity (Wildman–Crippen MR) is 292 cm³/mol. The third-order valence-electron chi connectivity index (χ3n) is 14.5. The molecule has 0 aliphatic heterocycles. The molecule has 70 heavy (non-hydrogen) atoms. The smallest absolute Gasteiger partial charge is 0.238 e. The van der Waals surface area contributed by atoms with E-state index in [0.29, 0.717) is 23.2 Å². The van der Waals surface area contributed by atoms with Crippen molar-refractivity contribution in [1.29, 1.82) is 0 Å². The number of benzene rings is 11. The Morgan fingerprint density at radius 3 is 1.73 bits per heavy atom. The number of fused-ring (bicyclic) bond motifs is 17. The minimum atomic E-state index is 0.514. The standard InChI is InChI=1S/C63H35N5OS/c1-2-17-39-35-54-50(34-38(39)16-1)45-30-28-36-14-3-5-18-40(36)57(45)67(54)53-33-32-47-46-31-29-37-15-4-6-19-41(37)58(46)69-59(47)56(53)62-64-61(49-24-13-23-48-44-22-9-12-27-55(44)70-60(48)49)65-63(66-62)68-51-25-10-7-20-42(51)43-21-8-11-26-52(43)68/h1-35H. The molecule has 0 radical (unpaired) electrons. The van der Waals surface area contributed by atoms with Gasteiger partial charge in [-0.05, 0) is 76.1 Å². The molecule has 7 heteroatoms. The van der Waals surface area contributed by atoms with E-state index in [4.69, 9.17) is 19.4 Å². The second-order valence-corrected chi connectivity index (χ2v) is 19.3. The van der Waals surface area contributed by atoms with E-state index in [0.717, 1.165) is 97.6 Å². The number of furan rings is 1. The summed E-state index contributed by atoms with van der Waals surface area (Å²) in [6.07, 6.45) is 0. The summed E-state index contributed by atoms with van der Waals surface area (Å²) < 4.78 is 14.4. The first kappa shape index (κ1) is 37.9. The fourth-order valence-corrected chi connectivity index (χ4v) is 12.6. The van der Waals surface area contributed by atoms with E-state index in [1.807, 2.05) is 0 Å². The number of aromatic nitrogens is 5. The molecule has 11 aromatic carbocycles. The van der Waals surface area contributed by atoms with E-state index in [1.165, 1.54) is 31.6 Å². The normalized spacial score (nSPS) is 12.3. The van der Waals surface area contributed by atoms with Gasteiger partial charge >= 0.3 is 0 Å². The second-order valence-electron chi connectivity index (χ2n) is 18.3. The molecule has 0 saturated heterocycles. The lowest BCUT2D eigenvalue weighted by molar-refractivity contribution is 0.673. The molecule has 5 aromatic heterocycles. The lowest BCUT2D eigenvalue weighted by Crippen LogP contribution is -2.08. The van der Waals surface area contributed by atoms with E-state index in [-0.39, 0.29) is 0 Å². The van der Waals surface area contributed by atoms with Crippen molar-refractivity contribution in [3.05, 3.63) is 212 Å². The maximum absolute atomic E-state index is 7.38. The average molecular weight is 910 g/mol. The van der Waals surface area contributed by atoms with Crippen LogP contribution in [0.5, 0.6) is 0 Å². The first-order chi connectivity index (χ1) is 34.7. The quantitative estimate of drug-likeness (QED) is 0.176.